The molecule has 47 heteroatoms. The van der Waals surface area contributed by atoms with E-state index in [1.807, 2.05) is 0 Å². The molecule has 0 aliphatic carbocycles. The van der Waals surface area contributed by atoms with E-state index in [1.165, 1.54) is 0 Å². The van der Waals surface area contributed by atoms with Crippen LogP contribution in [-0.4, -0.2) is 544 Å². The molecule has 0 saturated carbocycles. The predicted octanol–water partition coefficient (Wildman–Crippen LogP) is -1.36. The van der Waals surface area contributed by atoms with Gasteiger partial charge in [0.05, 0.1) is 469 Å². The molecule has 6 N–H and O–H groups in total. The third kappa shape index (κ3) is 117. The minimum atomic E-state index is -1.38. The Morgan fingerprint density at radius 3 is 0.464 bits per heavy atom. The number of nitrogens with one attached hydrogen (secondary N) is 4. The van der Waals surface area contributed by atoms with Crippen molar-refractivity contribution in [2.75, 3.05) is 515 Å². The Labute approximate surface area is 837 Å². The van der Waals surface area contributed by atoms with Crippen LogP contribution in [0.25, 0.3) is 0 Å². The molecule has 0 aliphatic heterocycles. The van der Waals surface area contributed by atoms with E-state index in [4.69, 9.17) is 200 Å². The smallest absolute Gasteiger partial charge is 0.222 e. The number of terminal acetylenes is 3. The molecule has 0 atom stereocenters. The molecular formula is C93H174ClN5O41. The van der Waals surface area contributed by atoms with Crippen LogP contribution in [0.5, 0.6) is 0 Å². The first kappa shape index (κ1) is 137. The van der Waals surface area contributed by atoms with Crippen molar-refractivity contribution in [1.29, 1.82) is 0 Å². The molecule has 0 aromatic carbocycles. The van der Waals surface area contributed by atoms with Crippen molar-refractivity contribution >= 4 is 36.0 Å². The quantitative estimate of drug-likeness (QED) is 0.0347. The first-order chi connectivity index (χ1) is 68.8. The molecule has 0 aromatic heterocycles. The van der Waals surface area contributed by atoms with Crippen LogP contribution in [0.15, 0.2) is 0 Å². The van der Waals surface area contributed by atoms with Gasteiger partial charge in [-0.1, -0.05) is 17.8 Å². The van der Waals surface area contributed by atoms with Crippen molar-refractivity contribution < 1.29 is 194 Å². The Morgan fingerprint density at radius 2 is 0.307 bits per heavy atom. The number of hydrogen-bond acceptors (Lipinski definition) is 42. The van der Waals surface area contributed by atoms with Gasteiger partial charge in [-0.2, -0.15) is 0 Å². The zero-order chi connectivity index (χ0) is 99.9. The molecule has 0 rings (SSSR count). The maximum absolute atomic E-state index is 13.8. The summed E-state index contributed by atoms with van der Waals surface area (Å²) in [6.07, 6.45) is 15.2. The number of carbonyl (C=O) groups is 4. The number of halogens is 1. The zero-order valence-electron chi connectivity index (χ0n) is 83.4. The summed E-state index contributed by atoms with van der Waals surface area (Å²) in [4.78, 5) is 52.9. The van der Waals surface area contributed by atoms with Gasteiger partial charge < -0.3 is 202 Å². The van der Waals surface area contributed by atoms with Gasteiger partial charge in [-0.15, -0.1) is 31.7 Å². The summed E-state index contributed by atoms with van der Waals surface area (Å²) < 4.78 is 205. The SMILES string of the molecule is C#CCOCCOCCOCCOCCOCCOCCOCCOCCOCCOCCNC(=O)CCOCC(COCCC(=O)NCCOCCOCCOCCOCCOCCOCCOCCOCCOCCOCC#C)(COCCC(=O)NCCOCCOCCOCCOCCOCCOCCOCCOCCOCCOCC#C)NC(=O)CCOCCOCCOCCOCCN.Cl. The lowest BCUT2D eigenvalue weighted by atomic mass is 10.0. The summed E-state index contributed by atoms with van der Waals surface area (Å²) in [6, 6.07) is 0. The fourth-order valence-electron chi connectivity index (χ4n) is 10.3. The van der Waals surface area contributed by atoms with Crippen LogP contribution in [0.4, 0.5) is 0 Å². The molecule has 4 amide bonds. The Kier molecular flexibility index (Phi) is 121. The zero-order valence-corrected chi connectivity index (χ0v) is 84.3. The molecule has 0 aliphatic rings. The molecule has 0 aromatic rings. The van der Waals surface area contributed by atoms with Crippen molar-refractivity contribution in [3.8, 4) is 37.0 Å². The second-order valence-electron chi connectivity index (χ2n) is 28.6. The number of nitrogens with two attached hydrogens (primary N) is 1. The van der Waals surface area contributed by atoms with Crippen molar-refractivity contribution in [3.63, 3.8) is 0 Å². The number of rotatable bonds is 123. The van der Waals surface area contributed by atoms with E-state index in [-0.39, 0.29) is 175 Å². The van der Waals surface area contributed by atoms with Crippen LogP contribution >= 0.6 is 12.4 Å². The highest BCUT2D eigenvalue weighted by molar-refractivity contribution is 5.85. The summed E-state index contributed by atoms with van der Waals surface area (Å²) in [5.74, 6) is 5.84. The van der Waals surface area contributed by atoms with Crippen LogP contribution in [0, 0.1) is 37.0 Å². The van der Waals surface area contributed by atoms with Gasteiger partial charge in [-0.05, 0) is 0 Å². The third-order valence-electron chi connectivity index (χ3n) is 17.1. The van der Waals surface area contributed by atoms with Gasteiger partial charge >= 0.3 is 0 Å². The van der Waals surface area contributed by atoms with E-state index >= 15 is 0 Å². The lowest BCUT2D eigenvalue weighted by Gasteiger charge is -2.34. The largest absolute Gasteiger partial charge is 0.379 e. The summed E-state index contributed by atoms with van der Waals surface area (Å²) in [5, 5.41) is 11.5. The normalized spacial score (nSPS) is 11.5. The summed E-state index contributed by atoms with van der Waals surface area (Å²) in [5.41, 5.74) is 4.08. The van der Waals surface area contributed by atoms with E-state index < -0.39 is 11.4 Å². The summed E-state index contributed by atoms with van der Waals surface area (Å²) in [6.45, 7) is 27.1. The molecule has 0 saturated heterocycles. The number of carbonyl (C=O) groups excluding carboxylic acids is 4. The molecule has 0 unspecified atom stereocenters. The van der Waals surface area contributed by atoms with E-state index in [9.17, 15) is 19.2 Å². The predicted molar refractivity (Wildman–Crippen MR) is 511 cm³/mol. The van der Waals surface area contributed by atoms with Crippen LogP contribution < -0.4 is 27.0 Å². The van der Waals surface area contributed by atoms with E-state index in [0.29, 0.717) is 396 Å². The highest BCUT2D eigenvalue weighted by Gasteiger charge is 2.34. The lowest BCUT2D eigenvalue weighted by molar-refractivity contribution is -0.131. The molecule has 46 nitrogen and oxygen atoms in total. The highest BCUT2D eigenvalue weighted by Crippen LogP contribution is 2.12. The average molecular weight is 2050 g/mol. The monoisotopic (exact) mass is 2050 g/mol. The van der Waals surface area contributed by atoms with E-state index in [1.54, 1.807) is 0 Å². The standard InChI is InChI=1S/C93H173N5O41.ClH/c1-4-15-103-26-34-111-42-50-119-56-62-125-68-74-131-80-83-134-77-71-128-65-59-122-53-47-116-39-31-108-23-12-95-89(99)7-19-137-86-93(98-92(102)10-18-106-29-37-114-45-46-115-38-30-107-22-11-94,87-138-20-8-90(100)96-13-24-109-32-40-117-48-54-123-60-66-129-72-78-135-84-81-132-75-69-126-63-57-120-51-43-112-35-27-104-16-5-2)88-139-21-9-91(101)97-14-25-110-33-41-118-49-55-124-61-67-130-73-79-136-85-82-133-76-70-127-64-58-121-52-44-113-36-28-105-17-6-3;/h1-3H,7-88,94H2,(H,95,99)(H,96,100)(H,97,101)(H,98,102);1H. The average Bonchev–Trinajstić information content (AvgIpc) is 0.853. The Hall–Kier alpha value is -4.67. The molecule has 0 fully saturated rings. The van der Waals surface area contributed by atoms with Crippen molar-refractivity contribution in [1.82, 2.24) is 21.3 Å². The van der Waals surface area contributed by atoms with Gasteiger partial charge in [0, 0.05) is 51.9 Å². The third-order valence-corrected chi connectivity index (χ3v) is 17.1. The van der Waals surface area contributed by atoms with E-state index in [0.717, 1.165) is 0 Å². The number of hydrogen-bond donors (Lipinski definition) is 5. The molecule has 0 heterocycles. The van der Waals surface area contributed by atoms with Crippen molar-refractivity contribution in [2.45, 2.75) is 31.2 Å². The van der Waals surface area contributed by atoms with Gasteiger partial charge in [-0.3, -0.25) is 19.2 Å². The molecule has 140 heavy (non-hydrogen) atoms. The molecule has 824 valence electrons. The number of amides is 4. The fourth-order valence-corrected chi connectivity index (χ4v) is 10.3. The minimum absolute atomic E-state index is 0. The van der Waals surface area contributed by atoms with Crippen molar-refractivity contribution in [3.05, 3.63) is 0 Å². The molecular weight excluding hydrogens is 1880 g/mol. The summed E-state index contributed by atoms with van der Waals surface area (Å²) in [7, 11) is 0. The summed E-state index contributed by atoms with van der Waals surface area (Å²) >= 11 is 0. The maximum Gasteiger partial charge on any atom is 0.222 e. The lowest BCUT2D eigenvalue weighted by Crippen LogP contribution is -2.59. The Balaban J connectivity index is 0. The Bertz CT molecular complexity index is 2410. The second kappa shape index (κ2) is 123. The van der Waals surface area contributed by atoms with Crippen LogP contribution in [0.1, 0.15) is 25.7 Å². The Morgan fingerprint density at radius 1 is 0.179 bits per heavy atom. The van der Waals surface area contributed by atoms with Gasteiger partial charge in [0.2, 0.25) is 23.6 Å². The highest BCUT2D eigenvalue weighted by atomic mass is 35.5. The molecule has 0 radical (unpaired) electrons. The maximum atomic E-state index is 13.8. The van der Waals surface area contributed by atoms with Crippen LogP contribution in [0.2, 0.25) is 0 Å². The van der Waals surface area contributed by atoms with Gasteiger partial charge in [0.15, 0.2) is 0 Å². The van der Waals surface area contributed by atoms with Gasteiger partial charge in [0.25, 0.3) is 0 Å². The number of ether oxygens (including phenoxy) is 37. The molecule has 0 spiro atoms. The van der Waals surface area contributed by atoms with E-state index in [2.05, 4.69) is 39.0 Å². The van der Waals surface area contributed by atoms with Gasteiger partial charge in [-0.25, -0.2) is 0 Å². The van der Waals surface area contributed by atoms with Crippen LogP contribution in [0.3, 0.4) is 0 Å². The minimum Gasteiger partial charge on any atom is -0.379 e. The van der Waals surface area contributed by atoms with Crippen LogP contribution in [-0.2, 0) is 194 Å². The first-order valence-electron chi connectivity index (χ1n) is 48.3. The molecule has 0 bridgehead atoms. The first-order valence-corrected chi connectivity index (χ1v) is 48.3. The topological polar surface area (TPSA) is 484 Å². The van der Waals surface area contributed by atoms with Gasteiger partial charge in [0.1, 0.15) is 25.4 Å². The fraction of sp³-hybridized carbons (Fsp3) is 0.892. The van der Waals surface area contributed by atoms with Crippen molar-refractivity contribution in [2.24, 2.45) is 5.73 Å². The second-order valence-corrected chi connectivity index (χ2v) is 28.6.